The van der Waals surface area contributed by atoms with Gasteiger partial charge in [0.1, 0.15) is 0 Å². The molecule has 0 unspecified atom stereocenters. The molecule has 1 aliphatic rings. The molecule has 0 N–H and O–H groups in total. The van der Waals surface area contributed by atoms with Crippen LogP contribution in [0.2, 0.25) is 0 Å². The van der Waals surface area contributed by atoms with Gasteiger partial charge >= 0.3 is 0 Å². The maximum absolute atomic E-state index is 12.0. The quantitative estimate of drug-likeness (QED) is 0.731. The molecular formula is C22H26N2O2. The summed E-state index contributed by atoms with van der Waals surface area (Å²) in [6.45, 7) is 4.05. The van der Waals surface area contributed by atoms with Crippen molar-refractivity contribution in [2.75, 3.05) is 9.80 Å². The van der Waals surface area contributed by atoms with Crippen LogP contribution in [-0.4, -0.2) is 24.9 Å². The lowest BCUT2D eigenvalue weighted by Gasteiger charge is -2.42. The highest BCUT2D eigenvalue weighted by Gasteiger charge is 2.34. The molecule has 4 heteroatoms. The van der Waals surface area contributed by atoms with E-state index in [1.54, 1.807) is 0 Å². The summed E-state index contributed by atoms with van der Waals surface area (Å²) in [5.41, 5.74) is 4.03. The number of carbonyl (C=O) groups is 2. The van der Waals surface area contributed by atoms with E-state index in [-0.39, 0.29) is 12.1 Å². The summed E-state index contributed by atoms with van der Waals surface area (Å²) >= 11 is 0. The van der Waals surface area contributed by atoms with Crippen LogP contribution in [0.4, 0.5) is 11.4 Å². The Balaban J connectivity index is 1.95. The van der Waals surface area contributed by atoms with Gasteiger partial charge in [0.15, 0.2) is 0 Å². The van der Waals surface area contributed by atoms with Crippen molar-refractivity contribution in [3.05, 3.63) is 59.7 Å². The van der Waals surface area contributed by atoms with Crippen LogP contribution in [0.5, 0.6) is 0 Å². The Hall–Kier alpha value is -2.62. The van der Waals surface area contributed by atoms with Gasteiger partial charge in [-0.3, -0.25) is 9.59 Å². The first-order chi connectivity index (χ1) is 12.6. The Bertz CT molecular complexity index is 709. The van der Waals surface area contributed by atoms with Gasteiger partial charge in [-0.25, -0.2) is 0 Å². The molecule has 2 atom stereocenters. The molecule has 0 heterocycles. The minimum Gasteiger partial charge on any atom is -0.310 e. The molecule has 3 rings (SSSR count). The van der Waals surface area contributed by atoms with Gasteiger partial charge in [0.2, 0.25) is 12.8 Å². The lowest BCUT2D eigenvalue weighted by atomic mass is 9.87. The minimum absolute atomic E-state index is 0.0197. The molecule has 136 valence electrons. The van der Waals surface area contributed by atoms with E-state index in [1.165, 1.54) is 0 Å². The minimum atomic E-state index is -0.0197. The SMILES string of the molecule is Cc1cccc(N(C=O)[C@@H]2CCCC[C@H]2N(C=O)c2cccc(C)c2)c1. The first kappa shape index (κ1) is 18.2. The first-order valence-electron chi connectivity index (χ1n) is 9.24. The molecule has 0 spiro atoms. The fourth-order valence-electron chi connectivity index (χ4n) is 3.98. The summed E-state index contributed by atoms with van der Waals surface area (Å²) < 4.78 is 0. The molecule has 2 amide bonds. The van der Waals surface area contributed by atoms with Crippen molar-refractivity contribution in [2.24, 2.45) is 0 Å². The summed E-state index contributed by atoms with van der Waals surface area (Å²) in [5.74, 6) is 0. The van der Waals surface area contributed by atoms with Crippen LogP contribution >= 0.6 is 0 Å². The van der Waals surface area contributed by atoms with Gasteiger partial charge in [-0.05, 0) is 62.1 Å². The van der Waals surface area contributed by atoms with Crippen molar-refractivity contribution < 1.29 is 9.59 Å². The van der Waals surface area contributed by atoms with Crippen molar-refractivity contribution in [1.82, 2.24) is 0 Å². The van der Waals surface area contributed by atoms with E-state index < -0.39 is 0 Å². The molecule has 0 aliphatic heterocycles. The molecular weight excluding hydrogens is 324 g/mol. The van der Waals surface area contributed by atoms with Gasteiger partial charge in [-0.2, -0.15) is 0 Å². The lowest BCUT2D eigenvalue weighted by molar-refractivity contribution is -0.110. The van der Waals surface area contributed by atoms with Gasteiger partial charge in [-0.15, -0.1) is 0 Å². The Morgan fingerprint density at radius 1 is 0.769 bits per heavy atom. The fraction of sp³-hybridized carbons (Fsp3) is 0.364. The largest absolute Gasteiger partial charge is 0.310 e. The molecule has 0 aromatic heterocycles. The molecule has 2 aromatic carbocycles. The van der Waals surface area contributed by atoms with Crippen LogP contribution in [0.25, 0.3) is 0 Å². The second-order valence-electron chi connectivity index (χ2n) is 7.12. The summed E-state index contributed by atoms with van der Waals surface area (Å²) in [7, 11) is 0. The summed E-state index contributed by atoms with van der Waals surface area (Å²) in [5, 5.41) is 0. The van der Waals surface area contributed by atoms with Gasteiger partial charge in [0, 0.05) is 11.4 Å². The molecule has 0 bridgehead atoms. The normalized spacial score (nSPS) is 19.6. The number of benzene rings is 2. The molecule has 1 saturated carbocycles. The van der Waals surface area contributed by atoms with Crippen LogP contribution in [0.3, 0.4) is 0 Å². The van der Waals surface area contributed by atoms with Crippen LogP contribution < -0.4 is 9.80 Å². The zero-order valence-corrected chi connectivity index (χ0v) is 15.5. The van der Waals surface area contributed by atoms with E-state index in [0.717, 1.165) is 61.0 Å². The standard InChI is InChI=1S/C22H26N2O2/c1-17-7-5-9-19(13-17)23(15-25)21-11-3-4-12-22(21)24(16-26)20-10-6-8-18(2)14-20/h5-10,13-16,21-22H,3-4,11-12H2,1-2H3/t21-,22-/m1/s1. The highest BCUT2D eigenvalue weighted by Crippen LogP contribution is 2.32. The third kappa shape index (κ3) is 3.79. The average molecular weight is 350 g/mol. The first-order valence-corrected chi connectivity index (χ1v) is 9.24. The average Bonchev–Trinajstić information content (AvgIpc) is 2.64. The monoisotopic (exact) mass is 350 g/mol. The van der Waals surface area contributed by atoms with Crippen LogP contribution in [-0.2, 0) is 9.59 Å². The van der Waals surface area contributed by atoms with Crippen LogP contribution in [0, 0.1) is 13.8 Å². The van der Waals surface area contributed by atoms with Crippen LogP contribution in [0.1, 0.15) is 36.8 Å². The van der Waals surface area contributed by atoms with Gasteiger partial charge < -0.3 is 9.80 Å². The Kier molecular flexibility index (Phi) is 5.71. The number of anilines is 2. The van der Waals surface area contributed by atoms with E-state index in [1.807, 2.05) is 72.2 Å². The molecule has 4 nitrogen and oxygen atoms in total. The number of hydrogen-bond donors (Lipinski definition) is 0. The Labute approximate surface area is 155 Å². The third-order valence-electron chi connectivity index (χ3n) is 5.24. The molecule has 2 aromatic rings. The van der Waals surface area contributed by atoms with Gasteiger partial charge in [0.05, 0.1) is 12.1 Å². The highest BCUT2D eigenvalue weighted by molar-refractivity contribution is 5.80. The summed E-state index contributed by atoms with van der Waals surface area (Å²) in [4.78, 5) is 27.6. The Morgan fingerprint density at radius 2 is 1.19 bits per heavy atom. The summed E-state index contributed by atoms with van der Waals surface area (Å²) in [6.07, 6.45) is 5.75. The number of aryl methyl sites for hydroxylation is 2. The smallest absolute Gasteiger partial charge is 0.214 e. The van der Waals surface area contributed by atoms with Crippen molar-refractivity contribution in [3.8, 4) is 0 Å². The number of nitrogens with zero attached hydrogens (tertiary/aromatic N) is 2. The summed E-state index contributed by atoms with van der Waals surface area (Å²) in [6, 6.07) is 15.9. The third-order valence-corrected chi connectivity index (χ3v) is 5.24. The topological polar surface area (TPSA) is 40.6 Å². The van der Waals surface area contributed by atoms with E-state index in [0.29, 0.717) is 0 Å². The van der Waals surface area contributed by atoms with Crippen molar-refractivity contribution in [1.29, 1.82) is 0 Å². The second-order valence-corrected chi connectivity index (χ2v) is 7.12. The second kappa shape index (κ2) is 8.17. The van der Waals surface area contributed by atoms with E-state index in [2.05, 4.69) is 0 Å². The number of amides is 2. The van der Waals surface area contributed by atoms with Crippen LogP contribution in [0.15, 0.2) is 48.5 Å². The molecule has 1 aliphatic carbocycles. The molecule has 1 fully saturated rings. The van der Waals surface area contributed by atoms with Crippen molar-refractivity contribution >= 4 is 24.2 Å². The van der Waals surface area contributed by atoms with Gasteiger partial charge in [-0.1, -0.05) is 37.1 Å². The van der Waals surface area contributed by atoms with Crippen molar-refractivity contribution in [3.63, 3.8) is 0 Å². The molecule has 26 heavy (non-hydrogen) atoms. The lowest BCUT2D eigenvalue weighted by Crippen LogP contribution is -2.53. The maximum atomic E-state index is 12.0. The number of rotatable bonds is 6. The predicted octanol–water partition coefficient (Wildman–Crippen LogP) is 4.24. The van der Waals surface area contributed by atoms with Crippen molar-refractivity contribution in [2.45, 2.75) is 51.6 Å². The van der Waals surface area contributed by atoms with E-state index in [9.17, 15) is 9.59 Å². The fourth-order valence-corrected chi connectivity index (χ4v) is 3.98. The predicted molar refractivity (Wildman–Crippen MR) is 105 cm³/mol. The number of carbonyl (C=O) groups excluding carboxylic acids is 2. The molecule has 0 saturated heterocycles. The maximum Gasteiger partial charge on any atom is 0.214 e. The Morgan fingerprint density at radius 3 is 1.54 bits per heavy atom. The van der Waals surface area contributed by atoms with Gasteiger partial charge in [0.25, 0.3) is 0 Å². The van der Waals surface area contributed by atoms with E-state index in [4.69, 9.17) is 0 Å². The molecule has 0 radical (unpaired) electrons. The number of hydrogen-bond acceptors (Lipinski definition) is 2. The highest BCUT2D eigenvalue weighted by atomic mass is 16.1. The van der Waals surface area contributed by atoms with E-state index >= 15 is 0 Å². The zero-order valence-electron chi connectivity index (χ0n) is 15.5. The zero-order chi connectivity index (χ0) is 18.5.